The summed E-state index contributed by atoms with van der Waals surface area (Å²) in [7, 11) is 0. The molecule has 0 spiro atoms. The monoisotopic (exact) mass is 541 g/mol. The minimum absolute atomic E-state index is 0.00360. The molecule has 3 aromatic carbocycles. The van der Waals surface area contributed by atoms with Gasteiger partial charge in [0.05, 0.1) is 18.1 Å². The Bertz CT molecular complexity index is 1480. The molecule has 1 heterocycles. The fraction of sp³-hybridized carbons (Fsp3) is 0.133. The maximum absolute atomic E-state index is 14.0. The quantitative estimate of drug-likeness (QED) is 0.118. The Labute approximate surface area is 232 Å². The highest BCUT2D eigenvalue weighted by atomic mass is 19.1. The predicted octanol–water partition coefficient (Wildman–Crippen LogP) is 3.29. The standard InChI is InChI=1S/C20H22FN5O2.C10H10N2/c1-23-16-7-4-6-15(11-16)19(27)26-18(20(28)25-13-24-10-9-22)12-14-5-2-3-8-17(14)21;11-6-10-5-8-3-1-2-4-9(8)7-12-10/h2-11,18,24H,1,12-13,22H2,(H,25,28)(H,26,27);1-5,7H,6,11H2/b10-9-;. The van der Waals surface area contributed by atoms with Crippen molar-refractivity contribution < 1.29 is 14.0 Å². The highest BCUT2D eigenvalue weighted by Gasteiger charge is 2.23. The Morgan fingerprint density at radius 1 is 1.02 bits per heavy atom. The number of fused-ring (bicyclic) bond motifs is 1. The number of hydrogen-bond acceptors (Lipinski definition) is 7. The summed E-state index contributed by atoms with van der Waals surface area (Å²) >= 11 is 0. The molecule has 0 fully saturated rings. The molecule has 40 heavy (non-hydrogen) atoms. The second-order valence-corrected chi connectivity index (χ2v) is 8.54. The largest absolute Gasteiger partial charge is 0.403 e. The number of hydrogen-bond donors (Lipinski definition) is 5. The van der Waals surface area contributed by atoms with Gasteiger partial charge in [-0.1, -0.05) is 48.5 Å². The molecule has 0 saturated heterocycles. The number of benzene rings is 3. The Kier molecular flexibility index (Phi) is 11.3. The van der Waals surface area contributed by atoms with Gasteiger partial charge in [-0.15, -0.1) is 0 Å². The zero-order valence-electron chi connectivity index (χ0n) is 21.9. The first-order valence-electron chi connectivity index (χ1n) is 12.5. The molecule has 2 amide bonds. The van der Waals surface area contributed by atoms with Gasteiger partial charge < -0.3 is 27.4 Å². The van der Waals surface area contributed by atoms with Gasteiger partial charge in [-0.25, -0.2) is 4.39 Å². The molecule has 7 N–H and O–H groups in total. The predicted molar refractivity (Wildman–Crippen MR) is 156 cm³/mol. The second kappa shape index (κ2) is 15.4. The van der Waals surface area contributed by atoms with Crippen LogP contribution in [-0.2, 0) is 17.8 Å². The molecule has 1 aromatic heterocycles. The van der Waals surface area contributed by atoms with Gasteiger partial charge in [-0.05, 0) is 48.0 Å². The van der Waals surface area contributed by atoms with E-state index in [1.165, 1.54) is 23.9 Å². The van der Waals surface area contributed by atoms with Crippen LogP contribution in [0.4, 0.5) is 10.1 Å². The molecule has 1 atom stereocenters. The van der Waals surface area contributed by atoms with E-state index >= 15 is 0 Å². The number of nitrogens with one attached hydrogen (secondary N) is 3. The Morgan fingerprint density at radius 3 is 2.50 bits per heavy atom. The normalized spacial score (nSPS) is 11.2. The number of carbonyl (C=O) groups is 2. The zero-order chi connectivity index (χ0) is 28.7. The van der Waals surface area contributed by atoms with Crippen molar-refractivity contribution in [1.29, 1.82) is 0 Å². The summed E-state index contributed by atoms with van der Waals surface area (Å²) in [5, 5.41) is 10.4. The zero-order valence-corrected chi connectivity index (χ0v) is 21.9. The Hall–Kier alpha value is -5.09. The molecule has 1 unspecified atom stereocenters. The average molecular weight is 542 g/mol. The van der Waals surface area contributed by atoms with Gasteiger partial charge in [-0.3, -0.25) is 19.6 Å². The molecule has 0 bridgehead atoms. The van der Waals surface area contributed by atoms with Gasteiger partial charge in [-0.2, -0.15) is 0 Å². The van der Waals surface area contributed by atoms with Crippen molar-refractivity contribution in [3.05, 3.63) is 120 Å². The van der Waals surface area contributed by atoms with Gasteiger partial charge >= 0.3 is 0 Å². The first-order chi connectivity index (χ1) is 19.4. The van der Waals surface area contributed by atoms with Crippen molar-refractivity contribution >= 4 is 35.0 Å². The number of amides is 2. The van der Waals surface area contributed by atoms with Crippen LogP contribution >= 0.6 is 0 Å². The Balaban J connectivity index is 0.000000302. The number of nitrogens with two attached hydrogens (primary N) is 2. The molecule has 9 nitrogen and oxygen atoms in total. The number of aliphatic imine (C=N–C) groups is 1. The summed E-state index contributed by atoms with van der Waals surface area (Å²) in [6.45, 7) is 4.03. The lowest BCUT2D eigenvalue weighted by molar-refractivity contribution is -0.123. The fourth-order valence-electron chi connectivity index (χ4n) is 3.71. The lowest BCUT2D eigenvalue weighted by Gasteiger charge is -2.19. The SMILES string of the molecule is C=Nc1cccc(C(=O)NC(Cc2ccccc2F)C(=O)NCN/C=C\N)c1.NCc1cc2ccccc2cn1. The van der Waals surface area contributed by atoms with Crippen molar-refractivity contribution in [3.63, 3.8) is 0 Å². The summed E-state index contributed by atoms with van der Waals surface area (Å²) in [4.78, 5) is 33.1. The van der Waals surface area contributed by atoms with Crippen LogP contribution in [0, 0.1) is 5.82 Å². The summed E-state index contributed by atoms with van der Waals surface area (Å²) in [6, 6.07) is 21.8. The van der Waals surface area contributed by atoms with Crippen LogP contribution in [0.3, 0.4) is 0 Å². The third kappa shape index (κ3) is 8.74. The van der Waals surface area contributed by atoms with Crippen molar-refractivity contribution in [2.24, 2.45) is 16.5 Å². The topological polar surface area (TPSA) is 148 Å². The van der Waals surface area contributed by atoms with Gasteiger partial charge in [0.15, 0.2) is 0 Å². The van der Waals surface area contributed by atoms with E-state index in [1.54, 1.807) is 42.5 Å². The van der Waals surface area contributed by atoms with E-state index in [4.69, 9.17) is 11.5 Å². The van der Waals surface area contributed by atoms with Gasteiger partial charge in [0, 0.05) is 42.5 Å². The van der Waals surface area contributed by atoms with Crippen LogP contribution in [0.2, 0.25) is 0 Å². The van der Waals surface area contributed by atoms with Crippen LogP contribution in [0.15, 0.2) is 102 Å². The number of aromatic nitrogens is 1. The van der Waals surface area contributed by atoms with Crippen LogP contribution in [0.25, 0.3) is 10.8 Å². The summed E-state index contributed by atoms with van der Waals surface area (Å²) in [6.07, 6.45) is 4.60. The molecule has 0 saturated carbocycles. The van der Waals surface area contributed by atoms with Crippen LogP contribution in [0.5, 0.6) is 0 Å². The number of halogens is 1. The molecule has 0 aliphatic rings. The van der Waals surface area contributed by atoms with E-state index in [9.17, 15) is 14.0 Å². The van der Waals surface area contributed by atoms with Crippen molar-refractivity contribution in [3.8, 4) is 0 Å². The maximum atomic E-state index is 14.0. The molecule has 10 heteroatoms. The lowest BCUT2D eigenvalue weighted by Crippen LogP contribution is -2.49. The minimum Gasteiger partial charge on any atom is -0.403 e. The Morgan fingerprint density at radius 2 is 1.77 bits per heavy atom. The molecular formula is C30H32FN7O2. The number of nitrogens with zero attached hydrogens (tertiary/aromatic N) is 2. The highest BCUT2D eigenvalue weighted by molar-refractivity contribution is 5.98. The molecule has 4 rings (SSSR count). The number of carbonyl (C=O) groups excluding carboxylic acids is 2. The van der Waals surface area contributed by atoms with Crippen LogP contribution in [0.1, 0.15) is 21.6 Å². The smallest absolute Gasteiger partial charge is 0.252 e. The summed E-state index contributed by atoms with van der Waals surface area (Å²) in [5.74, 6) is -1.39. The fourth-order valence-corrected chi connectivity index (χ4v) is 3.71. The summed E-state index contributed by atoms with van der Waals surface area (Å²) < 4.78 is 14.0. The van der Waals surface area contributed by atoms with E-state index in [0.717, 1.165) is 11.1 Å². The first kappa shape index (κ1) is 29.5. The van der Waals surface area contributed by atoms with E-state index in [2.05, 4.69) is 38.7 Å². The van der Waals surface area contributed by atoms with Crippen molar-refractivity contribution in [1.82, 2.24) is 20.9 Å². The van der Waals surface area contributed by atoms with Gasteiger partial charge in [0.1, 0.15) is 11.9 Å². The molecule has 4 aromatic rings. The molecular weight excluding hydrogens is 509 g/mol. The van der Waals surface area contributed by atoms with E-state index < -0.39 is 23.7 Å². The molecule has 0 aliphatic carbocycles. The van der Waals surface area contributed by atoms with Crippen molar-refractivity contribution in [2.45, 2.75) is 19.0 Å². The van der Waals surface area contributed by atoms with E-state index in [-0.39, 0.29) is 13.1 Å². The molecule has 0 aliphatic heterocycles. The first-order valence-corrected chi connectivity index (χ1v) is 12.5. The van der Waals surface area contributed by atoms with E-state index in [0.29, 0.717) is 23.4 Å². The molecule has 0 radical (unpaired) electrons. The summed E-state index contributed by atoms with van der Waals surface area (Å²) in [5.41, 5.74) is 12.8. The van der Waals surface area contributed by atoms with E-state index in [1.807, 2.05) is 30.5 Å². The number of rotatable bonds is 10. The third-order valence-corrected chi connectivity index (χ3v) is 5.77. The average Bonchev–Trinajstić information content (AvgIpc) is 3.00. The molecule has 206 valence electrons. The number of pyridine rings is 1. The van der Waals surface area contributed by atoms with Crippen LogP contribution < -0.4 is 27.4 Å². The second-order valence-electron chi connectivity index (χ2n) is 8.54. The maximum Gasteiger partial charge on any atom is 0.252 e. The lowest BCUT2D eigenvalue weighted by atomic mass is 10.0. The van der Waals surface area contributed by atoms with Gasteiger partial charge in [0.25, 0.3) is 5.91 Å². The third-order valence-electron chi connectivity index (χ3n) is 5.77. The van der Waals surface area contributed by atoms with Crippen molar-refractivity contribution in [2.75, 3.05) is 6.67 Å². The van der Waals surface area contributed by atoms with Gasteiger partial charge in [0.2, 0.25) is 5.91 Å². The minimum atomic E-state index is -0.978. The van der Waals surface area contributed by atoms with Crippen LogP contribution in [-0.4, -0.2) is 36.2 Å². The highest BCUT2D eigenvalue weighted by Crippen LogP contribution is 2.15.